The van der Waals surface area contributed by atoms with Crippen molar-refractivity contribution in [2.45, 2.75) is 11.3 Å². The third-order valence-electron chi connectivity index (χ3n) is 4.59. The zero-order chi connectivity index (χ0) is 23.0. The Kier molecular flexibility index (Phi) is 7.30. The predicted octanol–water partition coefficient (Wildman–Crippen LogP) is 4.94. The van der Waals surface area contributed by atoms with Crippen molar-refractivity contribution in [2.75, 3.05) is 0 Å². The highest BCUT2D eigenvalue weighted by molar-refractivity contribution is 7.89. The topological polar surface area (TPSA) is 102 Å². The molecule has 7 nitrogen and oxygen atoms in total. The molecule has 0 atom stereocenters. The molecule has 0 bridgehead atoms. The summed E-state index contributed by atoms with van der Waals surface area (Å²) in [5.41, 5.74) is 2.95. The lowest BCUT2D eigenvalue weighted by molar-refractivity contribution is -0.384. The molecule has 0 aromatic heterocycles. The molecule has 0 aliphatic rings. The average molecular weight is 448 g/mol. The summed E-state index contributed by atoms with van der Waals surface area (Å²) < 4.78 is 25.4. The first-order chi connectivity index (χ1) is 15.4. The van der Waals surface area contributed by atoms with Gasteiger partial charge in [-0.1, -0.05) is 79.4 Å². The van der Waals surface area contributed by atoms with Crippen molar-refractivity contribution in [3.63, 3.8) is 0 Å². The van der Waals surface area contributed by atoms with Crippen LogP contribution in [0.15, 0.2) is 114 Å². The molecule has 0 saturated heterocycles. The van der Waals surface area contributed by atoms with Gasteiger partial charge in [0.15, 0.2) is 0 Å². The molecule has 3 rings (SSSR count). The van der Waals surface area contributed by atoms with Crippen molar-refractivity contribution in [1.29, 1.82) is 0 Å². The molecular weight excluding hydrogens is 426 g/mol. The van der Waals surface area contributed by atoms with Crippen LogP contribution < -0.4 is 4.83 Å². The predicted molar refractivity (Wildman–Crippen MR) is 126 cm³/mol. The van der Waals surface area contributed by atoms with Crippen molar-refractivity contribution in [1.82, 2.24) is 4.83 Å². The lowest BCUT2D eigenvalue weighted by atomic mass is 9.96. The molecule has 0 aliphatic carbocycles. The minimum absolute atomic E-state index is 0.121. The number of hydrogen-bond donors (Lipinski definition) is 1. The second-order valence-corrected chi connectivity index (χ2v) is 8.40. The first-order valence-corrected chi connectivity index (χ1v) is 11.1. The van der Waals surface area contributed by atoms with Gasteiger partial charge in [-0.25, -0.2) is 0 Å². The summed E-state index contributed by atoms with van der Waals surface area (Å²) in [4.78, 5) is 12.4. The largest absolute Gasteiger partial charge is 0.276 e. The van der Waals surface area contributed by atoms with Gasteiger partial charge in [0.1, 0.15) is 0 Å². The Hall–Kier alpha value is -4.04. The molecule has 0 amide bonds. The van der Waals surface area contributed by atoms with E-state index in [2.05, 4.69) is 16.5 Å². The van der Waals surface area contributed by atoms with Crippen LogP contribution in [0.25, 0.3) is 5.57 Å². The second-order valence-electron chi connectivity index (χ2n) is 6.74. The van der Waals surface area contributed by atoms with Crippen LogP contribution in [0.2, 0.25) is 0 Å². The Bertz CT molecular complexity index is 1250. The molecule has 0 radical (unpaired) electrons. The van der Waals surface area contributed by atoms with Crippen molar-refractivity contribution < 1.29 is 13.3 Å². The van der Waals surface area contributed by atoms with E-state index < -0.39 is 14.9 Å². The molecule has 0 aliphatic heterocycles. The van der Waals surface area contributed by atoms with Crippen molar-refractivity contribution in [3.8, 4) is 0 Å². The molecule has 1 N–H and O–H groups in total. The van der Waals surface area contributed by atoms with Crippen LogP contribution in [0.4, 0.5) is 5.69 Å². The van der Waals surface area contributed by atoms with Crippen LogP contribution in [0.1, 0.15) is 17.5 Å². The first-order valence-electron chi connectivity index (χ1n) is 9.66. The van der Waals surface area contributed by atoms with E-state index in [1.165, 1.54) is 12.1 Å². The van der Waals surface area contributed by atoms with Crippen LogP contribution in [-0.4, -0.2) is 19.1 Å². The van der Waals surface area contributed by atoms with E-state index in [1.54, 1.807) is 6.08 Å². The summed E-state index contributed by atoms with van der Waals surface area (Å²) in [6.07, 6.45) is 3.88. The summed E-state index contributed by atoms with van der Waals surface area (Å²) in [5.74, 6) is 0. The summed E-state index contributed by atoms with van der Waals surface area (Å²) in [6.45, 7) is 3.77. The quantitative estimate of drug-likeness (QED) is 0.217. The highest BCUT2D eigenvalue weighted by Crippen LogP contribution is 2.22. The van der Waals surface area contributed by atoms with E-state index >= 15 is 0 Å². The van der Waals surface area contributed by atoms with Crippen LogP contribution in [0.3, 0.4) is 0 Å². The fourth-order valence-electron chi connectivity index (χ4n) is 2.98. The Morgan fingerprint density at radius 2 is 1.50 bits per heavy atom. The smallest absolute Gasteiger partial charge is 0.258 e. The van der Waals surface area contributed by atoms with Gasteiger partial charge in [-0.2, -0.15) is 18.4 Å². The molecular formula is C24H21N3O4S. The lowest BCUT2D eigenvalue weighted by Gasteiger charge is -2.12. The molecule has 8 heteroatoms. The molecule has 32 heavy (non-hydrogen) atoms. The Morgan fingerprint density at radius 1 is 0.938 bits per heavy atom. The van der Waals surface area contributed by atoms with Crippen molar-refractivity contribution in [2.24, 2.45) is 5.10 Å². The van der Waals surface area contributed by atoms with Crippen LogP contribution in [0, 0.1) is 10.1 Å². The second kappa shape index (κ2) is 10.3. The van der Waals surface area contributed by atoms with Gasteiger partial charge in [0.2, 0.25) is 0 Å². The summed E-state index contributed by atoms with van der Waals surface area (Å²) in [5, 5.41) is 15.0. The number of sulfonamides is 1. The summed E-state index contributed by atoms with van der Waals surface area (Å²) >= 11 is 0. The molecule has 162 valence electrons. The van der Waals surface area contributed by atoms with E-state index in [1.807, 2.05) is 66.7 Å². The molecule has 0 spiro atoms. The molecule has 0 fully saturated rings. The minimum Gasteiger partial charge on any atom is -0.258 e. The van der Waals surface area contributed by atoms with Gasteiger partial charge < -0.3 is 0 Å². The number of nitro groups is 1. The third-order valence-corrected chi connectivity index (χ3v) is 5.81. The highest BCUT2D eigenvalue weighted by atomic mass is 32.2. The van der Waals surface area contributed by atoms with Crippen molar-refractivity contribution >= 4 is 27.0 Å². The fourth-order valence-corrected chi connectivity index (χ4v) is 3.81. The number of hydrogen-bond acceptors (Lipinski definition) is 5. The normalized spacial score (nSPS) is 12.2. The SMILES string of the molecule is C=C/C=C(/C/C(=N/NS(=O)(=O)c1ccc([N+](=O)[O-])cc1)c1ccccc1)c1ccccc1. The van der Waals surface area contributed by atoms with Gasteiger partial charge in [0.25, 0.3) is 15.7 Å². The first kappa shape index (κ1) is 22.6. The summed E-state index contributed by atoms with van der Waals surface area (Å²) in [6, 6.07) is 23.5. The lowest BCUT2D eigenvalue weighted by Crippen LogP contribution is -2.21. The monoisotopic (exact) mass is 447 g/mol. The maximum atomic E-state index is 12.7. The number of nitrogens with one attached hydrogen (secondary N) is 1. The molecule has 0 saturated carbocycles. The molecule has 3 aromatic carbocycles. The van der Waals surface area contributed by atoms with Gasteiger partial charge in [-0.3, -0.25) is 10.1 Å². The van der Waals surface area contributed by atoms with Gasteiger partial charge in [-0.15, -0.1) is 0 Å². The molecule has 0 heterocycles. The van der Waals surface area contributed by atoms with Gasteiger partial charge in [-0.05, 0) is 28.8 Å². The highest BCUT2D eigenvalue weighted by Gasteiger charge is 2.16. The maximum Gasteiger partial charge on any atom is 0.276 e. The van der Waals surface area contributed by atoms with Crippen LogP contribution in [-0.2, 0) is 10.0 Å². The standard InChI is InChI=1S/C24H21N3O4S/c1-2-9-21(19-10-5-3-6-11-19)18-24(20-12-7-4-8-13-20)25-26-32(30,31)23-16-14-22(15-17-23)27(28)29/h2-17,26H,1,18H2/b21-9-,25-24-. The van der Waals surface area contributed by atoms with E-state index in [9.17, 15) is 18.5 Å². The van der Waals surface area contributed by atoms with E-state index in [0.29, 0.717) is 12.1 Å². The van der Waals surface area contributed by atoms with E-state index in [-0.39, 0.29) is 10.6 Å². The summed E-state index contributed by atoms with van der Waals surface area (Å²) in [7, 11) is -4.02. The van der Waals surface area contributed by atoms with Crippen LogP contribution in [0.5, 0.6) is 0 Å². The number of nitro benzene ring substituents is 1. The maximum absolute atomic E-state index is 12.7. The third kappa shape index (κ3) is 5.77. The minimum atomic E-state index is -4.02. The fraction of sp³-hybridized carbons (Fsp3) is 0.0417. The Labute approximate surface area is 186 Å². The van der Waals surface area contributed by atoms with Gasteiger partial charge in [0.05, 0.1) is 15.5 Å². The van der Waals surface area contributed by atoms with E-state index in [0.717, 1.165) is 28.8 Å². The zero-order valence-electron chi connectivity index (χ0n) is 17.1. The van der Waals surface area contributed by atoms with Crippen molar-refractivity contribution in [3.05, 3.63) is 125 Å². The number of rotatable bonds is 9. The number of hydrazone groups is 1. The zero-order valence-corrected chi connectivity index (χ0v) is 17.9. The Morgan fingerprint density at radius 3 is 2.03 bits per heavy atom. The van der Waals surface area contributed by atoms with E-state index in [4.69, 9.17) is 0 Å². The number of benzene rings is 3. The average Bonchev–Trinajstić information content (AvgIpc) is 2.82. The molecule has 3 aromatic rings. The van der Waals surface area contributed by atoms with Gasteiger partial charge >= 0.3 is 0 Å². The number of allylic oxidation sites excluding steroid dienone is 3. The van der Waals surface area contributed by atoms with Crippen LogP contribution >= 0.6 is 0 Å². The molecule has 0 unspecified atom stereocenters. The van der Waals surface area contributed by atoms with Gasteiger partial charge in [0, 0.05) is 18.6 Å². The Balaban J connectivity index is 1.94. The number of non-ortho nitro benzene ring substituents is 1. The number of nitrogens with zero attached hydrogens (tertiary/aromatic N) is 2.